The van der Waals surface area contributed by atoms with Crippen LogP contribution >= 0.6 is 0 Å². The van der Waals surface area contributed by atoms with E-state index in [1.165, 1.54) is 18.5 Å². The molecular weight excluding hydrogens is 233 g/mol. The van der Waals surface area contributed by atoms with Crippen molar-refractivity contribution < 1.29 is 9.18 Å². The van der Waals surface area contributed by atoms with E-state index < -0.39 is 5.95 Å². The number of aromatic nitrogens is 3. The Morgan fingerprint density at radius 2 is 1.89 bits per heavy atom. The maximum Gasteiger partial charge on any atom is 0.212 e. The second-order valence-electron chi connectivity index (χ2n) is 3.82. The summed E-state index contributed by atoms with van der Waals surface area (Å²) in [6.07, 6.45) is 5.48. The molecule has 3 rings (SSSR count). The molecule has 18 heavy (non-hydrogen) atoms. The Morgan fingerprint density at radius 1 is 1.06 bits per heavy atom. The molecule has 0 fully saturated rings. The molecule has 0 saturated heterocycles. The van der Waals surface area contributed by atoms with Gasteiger partial charge in [-0.3, -0.25) is 9.20 Å². The van der Waals surface area contributed by atoms with E-state index in [0.29, 0.717) is 11.3 Å². The molecule has 3 aromatic rings. The maximum atomic E-state index is 12.8. The number of carbonyl (C=O) groups is 1. The number of halogens is 1. The summed E-state index contributed by atoms with van der Waals surface area (Å²) < 4.78 is 14.4. The first-order valence-corrected chi connectivity index (χ1v) is 5.32. The molecule has 0 spiro atoms. The fourth-order valence-corrected chi connectivity index (χ4v) is 1.80. The largest absolute Gasteiger partial charge is 0.297 e. The Kier molecular flexibility index (Phi) is 2.37. The molecule has 5 heteroatoms. The first kappa shape index (κ1) is 10.6. The molecule has 0 aliphatic carbocycles. The summed E-state index contributed by atoms with van der Waals surface area (Å²) in [5.74, 6) is -0.518. The normalized spacial score (nSPS) is 10.7. The molecule has 0 amide bonds. The molecule has 4 nitrogen and oxygen atoms in total. The zero-order valence-corrected chi connectivity index (χ0v) is 9.25. The molecule has 3 aromatic heterocycles. The quantitative estimate of drug-likeness (QED) is 0.511. The van der Waals surface area contributed by atoms with Crippen molar-refractivity contribution in [3.8, 4) is 11.1 Å². The van der Waals surface area contributed by atoms with Gasteiger partial charge >= 0.3 is 0 Å². The van der Waals surface area contributed by atoms with Crippen LogP contribution in [0.3, 0.4) is 0 Å². The molecule has 0 aliphatic rings. The Bertz CT molecular complexity index is 719. The van der Waals surface area contributed by atoms with Crippen molar-refractivity contribution in [3.63, 3.8) is 0 Å². The standard InChI is InChI=1S/C13H8FN3O/c14-12-3-1-9(5-15-12)10-2-4-13-16-6-11(8-18)17(13)7-10/h1-8H. The van der Waals surface area contributed by atoms with Crippen LogP contribution in [-0.2, 0) is 0 Å². The van der Waals surface area contributed by atoms with E-state index in [-0.39, 0.29) is 0 Å². The SMILES string of the molecule is O=Cc1cnc2ccc(-c3ccc(F)nc3)cn12. The van der Waals surface area contributed by atoms with Crippen molar-refractivity contribution in [2.75, 3.05) is 0 Å². The van der Waals surface area contributed by atoms with Crippen LogP contribution in [0.25, 0.3) is 16.8 Å². The van der Waals surface area contributed by atoms with Crippen molar-refractivity contribution in [3.05, 3.63) is 54.5 Å². The summed E-state index contributed by atoms with van der Waals surface area (Å²) in [6, 6.07) is 6.59. The number of hydrogen-bond acceptors (Lipinski definition) is 3. The summed E-state index contributed by atoms with van der Waals surface area (Å²) in [7, 11) is 0. The predicted molar refractivity (Wildman–Crippen MR) is 63.8 cm³/mol. The number of rotatable bonds is 2. The Hall–Kier alpha value is -2.56. The van der Waals surface area contributed by atoms with Crippen LogP contribution in [0.1, 0.15) is 10.5 Å². The van der Waals surface area contributed by atoms with Gasteiger partial charge < -0.3 is 0 Å². The lowest BCUT2D eigenvalue weighted by molar-refractivity contribution is 0.111. The number of fused-ring (bicyclic) bond motifs is 1. The molecular formula is C13H8FN3O. The Morgan fingerprint density at radius 3 is 2.61 bits per heavy atom. The van der Waals surface area contributed by atoms with Gasteiger partial charge in [-0.25, -0.2) is 9.97 Å². The zero-order chi connectivity index (χ0) is 12.5. The Balaban J connectivity index is 2.17. The van der Waals surface area contributed by atoms with E-state index in [4.69, 9.17) is 0 Å². The first-order chi connectivity index (χ1) is 8.78. The predicted octanol–water partition coefficient (Wildman–Crippen LogP) is 2.35. The van der Waals surface area contributed by atoms with Gasteiger partial charge in [-0.1, -0.05) is 0 Å². The third-order valence-electron chi connectivity index (χ3n) is 2.72. The van der Waals surface area contributed by atoms with Crippen molar-refractivity contribution in [1.29, 1.82) is 0 Å². The molecule has 0 saturated carbocycles. The van der Waals surface area contributed by atoms with Gasteiger partial charge in [-0.2, -0.15) is 4.39 Å². The minimum Gasteiger partial charge on any atom is -0.297 e. The van der Waals surface area contributed by atoms with Gasteiger partial charge in [0.1, 0.15) is 11.3 Å². The molecule has 3 heterocycles. The fourth-order valence-electron chi connectivity index (χ4n) is 1.80. The van der Waals surface area contributed by atoms with Gasteiger partial charge in [0.25, 0.3) is 0 Å². The third kappa shape index (κ3) is 1.66. The lowest BCUT2D eigenvalue weighted by Gasteiger charge is -2.03. The van der Waals surface area contributed by atoms with Gasteiger partial charge in [0.15, 0.2) is 6.29 Å². The van der Waals surface area contributed by atoms with E-state index in [0.717, 1.165) is 17.4 Å². The minimum atomic E-state index is -0.518. The maximum absolute atomic E-state index is 12.8. The molecule has 88 valence electrons. The van der Waals surface area contributed by atoms with Gasteiger partial charge in [0, 0.05) is 23.5 Å². The van der Waals surface area contributed by atoms with E-state index in [1.807, 2.05) is 6.07 Å². The van der Waals surface area contributed by atoms with Crippen molar-refractivity contribution in [1.82, 2.24) is 14.4 Å². The fraction of sp³-hybridized carbons (Fsp3) is 0. The molecule has 0 atom stereocenters. The third-order valence-corrected chi connectivity index (χ3v) is 2.72. The van der Waals surface area contributed by atoms with Crippen LogP contribution in [0.15, 0.2) is 42.9 Å². The number of carbonyl (C=O) groups excluding carboxylic acids is 1. The number of hydrogen-bond donors (Lipinski definition) is 0. The number of pyridine rings is 2. The number of aldehydes is 1. The highest BCUT2D eigenvalue weighted by Gasteiger charge is 2.05. The minimum absolute atomic E-state index is 0.474. The van der Waals surface area contributed by atoms with Crippen LogP contribution in [0.4, 0.5) is 4.39 Å². The van der Waals surface area contributed by atoms with Crippen molar-refractivity contribution in [2.45, 2.75) is 0 Å². The van der Waals surface area contributed by atoms with E-state index in [2.05, 4.69) is 9.97 Å². The van der Waals surface area contributed by atoms with Crippen molar-refractivity contribution in [2.24, 2.45) is 0 Å². The first-order valence-electron chi connectivity index (χ1n) is 5.32. The monoisotopic (exact) mass is 241 g/mol. The molecule has 0 bridgehead atoms. The summed E-state index contributed by atoms with van der Waals surface area (Å²) in [4.78, 5) is 18.6. The van der Waals surface area contributed by atoms with Crippen LogP contribution in [0, 0.1) is 5.95 Å². The van der Waals surface area contributed by atoms with Gasteiger partial charge in [0.05, 0.1) is 6.20 Å². The average molecular weight is 241 g/mol. The topological polar surface area (TPSA) is 47.3 Å². The van der Waals surface area contributed by atoms with Crippen LogP contribution < -0.4 is 0 Å². The van der Waals surface area contributed by atoms with Gasteiger partial charge in [-0.05, 0) is 24.3 Å². The molecule has 0 unspecified atom stereocenters. The van der Waals surface area contributed by atoms with Crippen LogP contribution in [0.2, 0.25) is 0 Å². The second kappa shape index (κ2) is 4.03. The number of imidazole rings is 1. The lowest BCUT2D eigenvalue weighted by atomic mass is 10.1. The highest BCUT2D eigenvalue weighted by atomic mass is 19.1. The summed E-state index contributed by atoms with van der Waals surface area (Å²) in [6.45, 7) is 0. The summed E-state index contributed by atoms with van der Waals surface area (Å²) >= 11 is 0. The van der Waals surface area contributed by atoms with Gasteiger partial charge in [-0.15, -0.1) is 0 Å². The van der Waals surface area contributed by atoms with E-state index in [9.17, 15) is 9.18 Å². The Labute approximate surface area is 102 Å². The highest BCUT2D eigenvalue weighted by molar-refractivity contribution is 5.75. The molecule has 0 aromatic carbocycles. The number of nitrogens with zero attached hydrogens (tertiary/aromatic N) is 3. The lowest BCUT2D eigenvalue weighted by Crippen LogP contribution is -1.92. The second-order valence-corrected chi connectivity index (χ2v) is 3.82. The highest BCUT2D eigenvalue weighted by Crippen LogP contribution is 2.19. The van der Waals surface area contributed by atoms with Gasteiger partial charge in [0.2, 0.25) is 5.95 Å². The van der Waals surface area contributed by atoms with Crippen LogP contribution in [-0.4, -0.2) is 20.7 Å². The summed E-state index contributed by atoms with van der Waals surface area (Å²) in [5.41, 5.74) is 2.79. The van der Waals surface area contributed by atoms with E-state index in [1.54, 1.807) is 22.7 Å². The summed E-state index contributed by atoms with van der Waals surface area (Å²) in [5, 5.41) is 0. The molecule has 0 N–H and O–H groups in total. The zero-order valence-electron chi connectivity index (χ0n) is 9.25. The molecule has 0 aliphatic heterocycles. The van der Waals surface area contributed by atoms with Crippen LogP contribution in [0.5, 0.6) is 0 Å². The van der Waals surface area contributed by atoms with Crippen molar-refractivity contribution >= 4 is 11.9 Å². The molecule has 0 radical (unpaired) electrons. The smallest absolute Gasteiger partial charge is 0.212 e. The van der Waals surface area contributed by atoms with E-state index >= 15 is 0 Å². The average Bonchev–Trinajstić information content (AvgIpc) is 2.81.